The van der Waals surface area contributed by atoms with E-state index in [-0.39, 0.29) is 22.1 Å². The predicted octanol–water partition coefficient (Wildman–Crippen LogP) is 2.10. The Labute approximate surface area is 117 Å². The molecular formula is C12H16ClNO4S. The summed E-state index contributed by atoms with van der Waals surface area (Å²) in [5.74, 6) is -0.125. The highest BCUT2D eigenvalue weighted by atomic mass is 35.7. The minimum atomic E-state index is -3.96. The molecule has 0 heterocycles. The number of hydrogen-bond acceptors (Lipinski definition) is 4. The van der Waals surface area contributed by atoms with Crippen LogP contribution in [-0.4, -0.2) is 39.4 Å². The Morgan fingerprint density at radius 2 is 1.89 bits per heavy atom. The number of halogens is 1. The third-order valence-electron chi connectivity index (χ3n) is 2.72. The second kappa shape index (κ2) is 6.25. The first kappa shape index (κ1) is 15.8. The number of rotatable bonds is 5. The molecule has 0 fully saturated rings. The third-order valence-corrected chi connectivity index (χ3v) is 4.07. The average Bonchev–Trinajstić information content (AvgIpc) is 2.38. The number of nitrogens with zero attached hydrogens (tertiary/aromatic N) is 1. The quantitative estimate of drug-likeness (QED) is 0.782. The fraction of sp³-hybridized carbons (Fsp3) is 0.417. The Balaban J connectivity index is 3.30. The summed E-state index contributed by atoms with van der Waals surface area (Å²) in [4.78, 5) is 13.5. The van der Waals surface area contributed by atoms with Crippen LogP contribution in [0.1, 0.15) is 24.2 Å². The van der Waals surface area contributed by atoms with Gasteiger partial charge in [-0.1, -0.05) is 0 Å². The van der Waals surface area contributed by atoms with Crippen LogP contribution in [0.4, 0.5) is 0 Å². The summed E-state index contributed by atoms with van der Waals surface area (Å²) in [6.45, 7) is 4.79. The van der Waals surface area contributed by atoms with Crippen molar-refractivity contribution in [1.82, 2.24) is 4.90 Å². The SMILES string of the molecule is CCN(CC)C(=O)c1ccc(OC)c(S(=O)(=O)Cl)c1. The fourth-order valence-electron chi connectivity index (χ4n) is 1.69. The lowest BCUT2D eigenvalue weighted by Crippen LogP contribution is -2.30. The van der Waals surface area contributed by atoms with Crippen molar-refractivity contribution in [1.29, 1.82) is 0 Å². The maximum atomic E-state index is 12.1. The van der Waals surface area contributed by atoms with Crippen molar-refractivity contribution in [2.75, 3.05) is 20.2 Å². The first-order chi connectivity index (χ1) is 8.85. The van der Waals surface area contributed by atoms with Gasteiger partial charge in [-0.2, -0.15) is 0 Å². The van der Waals surface area contributed by atoms with Crippen molar-refractivity contribution in [3.8, 4) is 5.75 Å². The number of amides is 1. The Morgan fingerprint density at radius 3 is 2.32 bits per heavy atom. The zero-order valence-corrected chi connectivity index (χ0v) is 12.6. The molecule has 0 N–H and O–H groups in total. The highest BCUT2D eigenvalue weighted by Gasteiger charge is 2.21. The van der Waals surface area contributed by atoms with Gasteiger partial charge < -0.3 is 9.64 Å². The van der Waals surface area contributed by atoms with Gasteiger partial charge in [0.05, 0.1) is 7.11 Å². The van der Waals surface area contributed by atoms with Crippen LogP contribution >= 0.6 is 10.7 Å². The average molecular weight is 306 g/mol. The van der Waals surface area contributed by atoms with E-state index in [1.54, 1.807) is 4.90 Å². The standard InChI is InChI=1S/C12H16ClNO4S/c1-4-14(5-2)12(15)9-6-7-10(18-3)11(8-9)19(13,16)17/h6-8H,4-5H2,1-3H3. The minimum absolute atomic E-state index is 0.117. The molecule has 0 aromatic heterocycles. The maximum absolute atomic E-state index is 12.1. The van der Waals surface area contributed by atoms with Gasteiger partial charge in [0.1, 0.15) is 10.6 Å². The van der Waals surface area contributed by atoms with Gasteiger partial charge in [-0.3, -0.25) is 4.79 Å². The molecule has 0 unspecified atom stereocenters. The monoisotopic (exact) mass is 305 g/mol. The van der Waals surface area contributed by atoms with Crippen molar-refractivity contribution in [2.45, 2.75) is 18.7 Å². The Bertz CT molecular complexity index is 567. The van der Waals surface area contributed by atoms with Crippen LogP contribution in [0.3, 0.4) is 0 Å². The first-order valence-electron chi connectivity index (χ1n) is 5.77. The molecule has 0 spiro atoms. The van der Waals surface area contributed by atoms with E-state index in [4.69, 9.17) is 15.4 Å². The second-order valence-electron chi connectivity index (χ2n) is 3.78. The Hall–Kier alpha value is -1.27. The summed E-state index contributed by atoms with van der Waals surface area (Å²) in [6, 6.07) is 4.18. The van der Waals surface area contributed by atoms with Gasteiger partial charge in [0.15, 0.2) is 0 Å². The number of methoxy groups -OCH3 is 1. The van der Waals surface area contributed by atoms with Crippen molar-refractivity contribution in [3.05, 3.63) is 23.8 Å². The van der Waals surface area contributed by atoms with Crippen molar-refractivity contribution in [3.63, 3.8) is 0 Å². The van der Waals surface area contributed by atoms with Crippen molar-refractivity contribution < 1.29 is 17.9 Å². The molecule has 0 aliphatic carbocycles. The number of benzene rings is 1. The molecule has 1 rings (SSSR count). The zero-order chi connectivity index (χ0) is 14.6. The van der Waals surface area contributed by atoms with E-state index in [1.807, 2.05) is 13.8 Å². The molecule has 1 aromatic rings. The minimum Gasteiger partial charge on any atom is -0.495 e. The Kier molecular flexibility index (Phi) is 5.20. The molecule has 7 heteroatoms. The Morgan fingerprint density at radius 1 is 1.32 bits per heavy atom. The van der Waals surface area contributed by atoms with Gasteiger partial charge in [-0.25, -0.2) is 8.42 Å². The highest BCUT2D eigenvalue weighted by molar-refractivity contribution is 8.13. The summed E-state index contributed by atoms with van der Waals surface area (Å²) in [6.07, 6.45) is 0. The van der Waals surface area contributed by atoms with Crippen molar-refractivity contribution in [2.24, 2.45) is 0 Å². The molecule has 1 amide bonds. The fourth-order valence-corrected chi connectivity index (χ4v) is 2.71. The van der Waals surface area contributed by atoms with Crippen LogP contribution in [0.5, 0.6) is 5.75 Å². The van der Waals surface area contributed by atoms with Crippen LogP contribution in [0.15, 0.2) is 23.1 Å². The van der Waals surface area contributed by atoms with Crippen LogP contribution in [0.25, 0.3) is 0 Å². The lowest BCUT2D eigenvalue weighted by Gasteiger charge is -2.19. The van der Waals surface area contributed by atoms with E-state index in [1.165, 1.54) is 25.3 Å². The third kappa shape index (κ3) is 3.61. The number of ether oxygens (including phenoxy) is 1. The zero-order valence-electron chi connectivity index (χ0n) is 11.0. The van der Waals surface area contributed by atoms with E-state index >= 15 is 0 Å². The molecule has 0 aliphatic heterocycles. The lowest BCUT2D eigenvalue weighted by molar-refractivity contribution is 0.0772. The molecule has 0 radical (unpaired) electrons. The number of carbonyl (C=O) groups excluding carboxylic acids is 1. The summed E-state index contributed by atoms with van der Waals surface area (Å²) in [5.41, 5.74) is 0.267. The normalized spacial score (nSPS) is 11.2. The molecule has 0 atom stereocenters. The van der Waals surface area contributed by atoms with Crippen LogP contribution in [0.2, 0.25) is 0 Å². The lowest BCUT2D eigenvalue weighted by atomic mass is 10.2. The van der Waals surface area contributed by atoms with Gasteiger partial charge in [0.25, 0.3) is 15.0 Å². The molecule has 0 bridgehead atoms. The van der Waals surface area contributed by atoms with E-state index in [0.29, 0.717) is 13.1 Å². The summed E-state index contributed by atoms with van der Waals surface area (Å²) >= 11 is 0. The topological polar surface area (TPSA) is 63.7 Å². The summed E-state index contributed by atoms with van der Waals surface area (Å²) < 4.78 is 27.8. The molecule has 0 saturated carbocycles. The van der Waals surface area contributed by atoms with E-state index in [2.05, 4.69) is 0 Å². The smallest absolute Gasteiger partial charge is 0.265 e. The van der Waals surface area contributed by atoms with E-state index < -0.39 is 9.05 Å². The van der Waals surface area contributed by atoms with Gasteiger partial charge in [-0.05, 0) is 32.0 Å². The van der Waals surface area contributed by atoms with Gasteiger partial charge in [0, 0.05) is 29.3 Å². The molecule has 1 aromatic carbocycles. The maximum Gasteiger partial charge on any atom is 0.265 e. The number of carbonyl (C=O) groups is 1. The van der Waals surface area contributed by atoms with Gasteiger partial charge in [-0.15, -0.1) is 0 Å². The van der Waals surface area contributed by atoms with Gasteiger partial charge >= 0.3 is 0 Å². The van der Waals surface area contributed by atoms with Crippen LogP contribution < -0.4 is 4.74 Å². The summed E-state index contributed by atoms with van der Waals surface area (Å²) in [7, 11) is 2.71. The molecule has 106 valence electrons. The summed E-state index contributed by atoms with van der Waals surface area (Å²) in [5, 5.41) is 0. The molecule has 5 nitrogen and oxygen atoms in total. The number of hydrogen-bond donors (Lipinski definition) is 0. The largest absolute Gasteiger partial charge is 0.495 e. The second-order valence-corrected chi connectivity index (χ2v) is 6.32. The van der Waals surface area contributed by atoms with E-state index in [0.717, 1.165) is 0 Å². The molecule has 0 saturated heterocycles. The molecule has 0 aliphatic rings. The van der Waals surface area contributed by atoms with Crippen LogP contribution in [-0.2, 0) is 9.05 Å². The first-order valence-corrected chi connectivity index (χ1v) is 8.08. The highest BCUT2D eigenvalue weighted by Crippen LogP contribution is 2.28. The van der Waals surface area contributed by atoms with Crippen LogP contribution in [0, 0.1) is 0 Å². The predicted molar refractivity (Wildman–Crippen MR) is 73.3 cm³/mol. The molecule has 19 heavy (non-hydrogen) atoms. The van der Waals surface area contributed by atoms with Gasteiger partial charge in [0.2, 0.25) is 0 Å². The van der Waals surface area contributed by atoms with E-state index in [9.17, 15) is 13.2 Å². The molecular weight excluding hydrogens is 290 g/mol. The van der Waals surface area contributed by atoms with Crippen molar-refractivity contribution >= 4 is 25.6 Å².